The minimum Gasteiger partial charge on any atom is -0.452 e. The number of aryl methyl sites for hydroxylation is 1. The number of alkyl halides is 2. The number of esters is 1. The Labute approximate surface area is 151 Å². The molecule has 0 bridgehead atoms. The summed E-state index contributed by atoms with van der Waals surface area (Å²) in [4.78, 5) is 27.5. The van der Waals surface area contributed by atoms with E-state index >= 15 is 0 Å². The van der Waals surface area contributed by atoms with Crippen molar-refractivity contribution in [1.82, 2.24) is 4.98 Å². The molecule has 0 fully saturated rings. The van der Waals surface area contributed by atoms with E-state index in [0.717, 1.165) is 5.56 Å². The van der Waals surface area contributed by atoms with Crippen molar-refractivity contribution in [2.24, 2.45) is 0 Å². The lowest BCUT2D eigenvalue weighted by atomic mass is 10.2. The maximum Gasteiger partial charge on any atom is 0.341 e. The summed E-state index contributed by atoms with van der Waals surface area (Å²) in [6.07, 6.45) is 1.29. The van der Waals surface area contributed by atoms with Crippen LogP contribution in [0.25, 0.3) is 0 Å². The number of nitrogens with one attached hydrogen (secondary N) is 1. The fourth-order valence-corrected chi connectivity index (χ4v) is 2.55. The van der Waals surface area contributed by atoms with E-state index in [-0.39, 0.29) is 22.4 Å². The first kappa shape index (κ1) is 19.1. The number of ether oxygens (including phenoxy) is 1. The van der Waals surface area contributed by atoms with Crippen LogP contribution in [0.2, 0.25) is 5.02 Å². The molecule has 1 N–H and O–H groups in total. The monoisotopic (exact) mass is 386 g/mol. The van der Waals surface area contributed by atoms with Crippen LogP contribution in [0.15, 0.2) is 41.6 Å². The number of aromatic nitrogens is 1. The molecular weight excluding hydrogens is 374 g/mol. The third-order valence-corrected chi connectivity index (χ3v) is 4.12. The van der Waals surface area contributed by atoms with Crippen LogP contribution in [0, 0.1) is 6.92 Å². The van der Waals surface area contributed by atoms with Gasteiger partial charge in [-0.25, -0.2) is 9.78 Å². The standard InChI is InChI=1S/C16H13ClF2N2O3S/c1-9-4-5-10(7-12(9)17)21-13(22)8-24-15(23)11-3-2-6-20-14(11)25-16(18)19/h2-7,16H,8H2,1H3,(H,21,22). The molecule has 0 aliphatic heterocycles. The third-order valence-electron chi connectivity index (χ3n) is 2.98. The maximum atomic E-state index is 12.5. The fourth-order valence-electron chi connectivity index (χ4n) is 1.80. The molecule has 0 atom stereocenters. The van der Waals surface area contributed by atoms with Crippen molar-refractivity contribution in [1.29, 1.82) is 0 Å². The van der Waals surface area contributed by atoms with Crippen LogP contribution in [-0.2, 0) is 9.53 Å². The number of hydrogen-bond acceptors (Lipinski definition) is 5. The molecule has 0 radical (unpaired) electrons. The quantitative estimate of drug-likeness (QED) is 0.596. The number of halogens is 3. The fraction of sp³-hybridized carbons (Fsp3) is 0.188. The van der Waals surface area contributed by atoms with Gasteiger partial charge in [-0.1, -0.05) is 17.7 Å². The van der Waals surface area contributed by atoms with Gasteiger partial charge in [0, 0.05) is 16.9 Å². The van der Waals surface area contributed by atoms with Crippen molar-refractivity contribution in [3.63, 3.8) is 0 Å². The molecule has 0 saturated carbocycles. The van der Waals surface area contributed by atoms with E-state index in [1.165, 1.54) is 18.3 Å². The summed E-state index contributed by atoms with van der Waals surface area (Å²) >= 11 is 6.09. The zero-order valence-electron chi connectivity index (χ0n) is 13.0. The average Bonchev–Trinajstić information content (AvgIpc) is 2.56. The number of nitrogens with zero attached hydrogens (tertiary/aromatic N) is 1. The molecule has 0 aliphatic rings. The van der Waals surface area contributed by atoms with Crippen molar-refractivity contribution in [3.8, 4) is 0 Å². The van der Waals surface area contributed by atoms with Gasteiger partial charge in [-0.2, -0.15) is 8.78 Å². The largest absolute Gasteiger partial charge is 0.452 e. The van der Waals surface area contributed by atoms with E-state index in [4.69, 9.17) is 16.3 Å². The van der Waals surface area contributed by atoms with Crippen molar-refractivity contribution < 1.29 is 23.1 Å². The number of benzene rings is 1. The van der Waals surface area contributed by atoms with E-state index in [0.29, 0.717) is 10.7 Å². The maximum absolute atomic E-state index is 12.5. The molecule has 132 valence electrons. The number of hydrogen-bond donors (Lipinski definition) is 1. The minimum absolute atomic E-state index is 0.126. The van der Waals surface area contributed by atoms with Crippen LogP contribution in [0.5, 0.6) is 0 Å². The molecule has 0 saturated heterocycles. The van der Waals surface area contributed by atoms with Gasteiger partial charge in [0.25, 0.3) is 11.7 Å². The van der Waals surface area contributed by atoms with Gasteiger partial charge in [0.15, 0.2) is 6.61 Å². The summed E-state index contributed by atoms with van der Waals surface area (Å²) < 4.78 is 29.8. The molecule has 5 nitrogen and oxygen atoms in total. The van der Waals surface area contributed by atoms with Gasteiger partial charge >= 0.3 is 5.97 Å². The Bertz CT molecular complexity index is 790. The van der Waals surface area contributed by atoms with Crippen molar-refractivity contribution in [2.45, 2.75) is 17.7 Å². The Morgan fingerprint density at radius 3 is 2.80 bits per heavy atom. The lowest BCUT2D eigenvalue weighted by Gasteiger charge is -2.09. The Morgan fingerprint density at radius 2 is 2.12 bits per heavy atom. The number of amides is 1. The minimum atomic E-state index is -2.73. The molecule has 2 aromatic rings. The van der Waals surface area contributed by atoms with Gasteiger partial charge in [0.2, 0.25) is 0 Å². The highest BCUT2D eigenvalue weighted by Gasteiger charge is 2.18. The van der Waals surface area contributed by atoms with Gasteiger partial charge < -0.3 is 10.1 Å². The molecule has 25 heavy (non-hydrogen) atoms. The van der Waals surface area contributed by atoms with Gasteiger partial charge in [-0.3, -0.25) is 4.79 Å². The van der Waals surface area contributed by atoms with Crippen LogP contribution in [0.1, 0.15) is 15.9 Å². The predicted octanol–water partition coefficient (Wildman–Crippen LogP) is 4.15. The molecule has 2 rings (SSSR count). The highest BCUT2D eigenvalue weighted by molar-refractivity contribution is 7.99. The average molecular weight is 387 g/mol. The first-order valence-electron chi connectivity index (χ1n) is 7.00. The van der Waals surface area contributed by atoms with Gasteiger partial charge in [0.1, 0.15) is 5.03 Å². The molecule has 0 spiro atoms. The lowest BCUT2D eigenvalue weighted by molar-refractivity contribution is -0.119. The molecular formula is C16H13ClF2N2O3S. The normalized spacial score (nSPS) is 10.6. The second-order valence-corrected chi connectivity index (χ2v) is 6.21. The summed E-state index contributed by atoms with van der Waals surface area (Å²) in [5.41, 5.74) is 1.18. The summed E-state index contributed by atoms with van der Waals surface area (Å²) in [5, 5.41) is 2.85. The van der Waals surface area contributed by atoms with E-state index in [1.54, 1.807) is 18.2 Å². The van der Waals surface area contributed by atoms with Crippen LogP contribution >= 0.6 is 23.4 Å². The van der Waals surface area contributed by atoms with Crippen LogP contribution < -0.4 is 5.32 Å². The number of pyridine rings is 1. The number of carbonyl (C=O) groups is 2. The highest BCUT2D eigenvalue weighted by atomic mass is 35.5. The molecule has 1 heterocycles. The van der Waals surface area contributed by atoms with E-state index in [9.17, 15) is 18.4 Å². The van der Waals surface area contributed by atoms with E-state index < -0.39 is 24.2 Å². The molecule has 0 aliphatic carbocycles. The molecule has 9 heteroatoms. The SMILES string of the molecule is Cc1ccc(NC(=O)COC(=O)c2cccnc2SC(F)F)cc1Cl. The first-order valence-corrected chi connectivity index (χ1v) is 8.25. The molecule has 1 aromatic carbocycles. The summed E-state index contributed by atoms with van der Waals surface area (Å²) in [5.74, 6) is -4.22. The summed E-state index contributed by atoms with van der Waals surface area (Å²) in [6, 6.07) is 7.67. The zero-order chi connectivity index (χ0) is 18.4. The van der Waals surface area contributed by atoms with Gasteiger partial charge in [-0.05, 0) is 48.5 Å². The molecule has 1 aromatic heterocycles. The number of anilines is 1. The Kier molecular flexibility index (Phi) is 6.72. The van der Waals surface area contributed by atoms with Gasteiger partial charge in [-0.15, -0.1) is 0 Å². The number of carbonyl (C=O) groups excluding carboxylic acids is 2. The van der Waals surface area contributed by atoms with E-state index in [2.05, 4.69) is 10.3 Å². The van der Waals surface area contributed by atoms with Crippen molar-refractivity contribution in [3.05, 3.63) is 52.7 Å². The Hall–Kier alpha value is -2.19. The zero-order valence-corrected chi connectivity index (χ0v) is 14.5. The van der Waals surface area contributed by atoms with Crippen LogP contribution in [-0.4, -0.2) is 29.2 Å². The van der Waals surface area contributed by atoms with Crippen molar-refractivity contribution >= 4 is 40.9 Å². The topological polar surface area (TPSA) is 68.3 Å². The molecule has 1 amide bonds. The third kappa shape index (κ3) is 5.68. The summed E-state index contributed by atoms with van der Waals surface area (Å²) in [7, 11) is 0. The second kappa shape index (κ2) is 8.77. The number of thioether (sulfide) groups is 1. The highest BCUT2D eigenvalue weighted by Crippen LogP contribution is 2.26. The smallest absolute Gasteiger partial charge is 0.341 e. The predicted molar refractivity (Wildman–Crippen MR) is 91.2 cm³/mol. The second-order valence-electron chi connectivity index (χ2n) is 4.82. The van der Waals surface area contributed by atoms with Crippen LogP contribution in [0.3, 0.4) is 0 Å². The van der Waals surface area contributed by atoms with Gasteiger partial charge in [0.05, 0.1) is 5.56 Å². The number of rotatable bonds is 6. The Morgan fingerprint density at radius 1 is 1.36 bits per heavy atom. The van der Waals surface area contributed by atoms with E-state index in [1.807, 2.05) is 6.92 Å². The Balaban J connectivity index is 1.95. The lowest BCUT2D eigenvalue weighted by Crippen LogP contribution is -2.21. The van der Waals surface area contributed by atoms with Crippen LogP contribution in [0.4, 0.5) is 14.5 Å². The molecule has 0 unspecified atom stereocenters. The van der Waals surface area contributed by atoms with Crippen molar-refractivity contribution in [2.75, 3.05) is 11.9 Å². The summed E-state index contributed by atoms with van der Waals surface area (Å²) in [6.45, 7) is 1.25. The first-order chi connectivity index (χ1) is 11.9.